The van der Waals surface area contributed by atoms with Crippen molar-refractivity contribution in [2.24, 2.45) is 5.92 Å². The Morgan fingerprint density at radius 1 is 1.39 bits per heavy atom. The summed E-state index contributed by atoms with van der Waals surface area (Å²) in [7, 11) is 0. The van der Waals surface area contributed by atoms with Crippen molar-refractivity contribution in [2.75, 3.05) is 19.8 Å². The summed E-state index contributed by atoms with van der Waals surface area (Å²) in [4.78, 5) is 14.3. The van der Waals surface area contributed by atoms with Gasteiger partial charge >= 0.3 is 0 Å². The average Bonchev–Trinajstić information content (AvgIpc) is 2.90. The minimum absolute atomic E-state index is 0.0821. The lowest BCUT2D eigenvalue weighted by Crippen LogP contribution is -2.40. The van der Waals surface area contributed by atoms with Crippen molar-refractivity contribution in [3.63, 3.8) is 0 Å². The number of ether oxygens (including phenoxy) is 1. The van der Waals surface area contributed by atoms with Crippen LogP contribution in [0.3, 0.4) is 0 Å². The highest BCUT2D eigenvalue weighted by atomic mass is 79.9. The van der Waals surface area contributed by atoms with Crippen molar-refractivity contribution < 1.29 is 9.53 Å². The monoisotopic (exact) mass is 309 g/mol. The summed E-state index contributed by atoms with van der Waals surface area (Å²) in [5.41, 5.74) is 2.63. The minimum atomic E-state index is 0.0821. The van der Waals surface area contributed by atoms with Crippen LogP contribution in [0.1, 0.15) is 17.5 Å². The van der Waals surface area contributed by atoms with Gasteiger partial charge < -0.3 is 9.64 Å². The van der Waals surface area contributed by atoms with Crippen molar-refractivity contribution in [1.29, 1.82) is 0 Å². The third-order valence-corrected chi connectivity index (χ3v) is 4.26. The highest BCUT2D eigenvalue weighted by Crippen LogP contribution is 2.25. The molecule has 0 unspecified atom stereocenters. The Balaban J connectivity index is 1.75. The van der Waals surface area contributed by atoms with E-state index in [2.05, 4.69) is 34.1 Å². The molecule has 0 bridgehead atoms. The van der Waals surface area contributed by atoms with Gasteiger partial charge in [-0.05, 0) is 36.1 Å². The fourth-order valence-corrected chi connectivity index (χ4v) is 3.11. The van der Waals surface area contributed by atoms with Gasteiger partial charge in [0.2, 0.25) is 5.91 Å². The molecule has 0 N–H and O–H groups in total. The molecule has 1 amide bonds. The van der Waals surface area contributed by atoms with Crippen LogP contribution in [0.4, 0.5) is 0 Å². The van der Waals surface area contributed by atoms with Gasteiger partial charge in [-0.15, -0.1) is 0 Å². The summed E-state index contributed by atoms with van der Waals surface area (Å²) in [6.07, 6.45) is 1.84. The van der Waals surface area contributed by atoms with Crippen LogP contribution < -0.4 is 0 Å². The number of fused-ring (bicyclic) bond motifs is 1. The van der Waals surface area contributed by atoms with Gasteiger partial charge in [-0.2, -0.15) is 0 Å². The second kappa shape index (κ2) is 5.02. The van der Waals surface area contributed by atoms with E-state index in [9.17, 15) is 4.79 Å². The number of amides is 1. The third kappa shape index (κ3) is 2.31. The van der Waals surface area contributed by atoms with Gasteiger partial charge in [-0.25, -0.2) is 0 Å². The topological polar surface area (TPSA) is 29.5 Å². The zero-order chi connectivity index (χ0) is 12.5. The van der Waals surface area contributed by atoms with Crippen LogP contribution in [0, 0.1) is 5.92 Å². The number of carbonyl (C=O) groups is 1. The molecule has 0 aromatic heterocycles. The molecule has 0 spiro atoms. The number of hydrogen-bond acceptors (Lipinski definition) is 2. The molecule has 1 aromatic rings. The summed E-state index contributed by atoms with van der Waals surface area (Å²) < 4.78 is 6.39. The molecule has 4 heteroatoms. The molecular weight excluding hydrogens is 294 g/mol. The highest BCUT2D eigenvalue weighted by Gasteiger charge is 2.29. The Morgan fingerprint density at radius 2 is 2.28 bits per heavy atom. The first kappa shape index (κ1) is 12.2. The third-order valence-electron chi connectivity index (χ3n) is 3.77. The van der Waals surface area contributed by atoms with Crippen LogP contribution in [0.25, 0.3) is 0 Å². The summed E-state index contributed by atoms with van der Waals surface area (Å²) in [5, 5.41) is 0. The lowest BCUT2D eigenvalue weighted by Gasteiger charge is -2.30. The van der Waals surface area contributed by atoms with E-state index in [1.165, 1.54) is 11.1 Å². The maximum absolute atomic E-state index is 12.3. The molecular formula is C14H16BrNO2. The van der Waals surface area contributed by atoms with Crippen LogP contribution in [0.15, 0.2) is 22.7 Å². The molecule has 18 heavy (non-hydrogen) atoms. The van der Waals surface area contributed by atoms with Crippen LogP contribution in [-0.4, -0.2) is 30.6 Å². The molecule has 1 aromatic carbocycles. The quantitative estimate of drug-likeness (QED) is 0.797. The highest BCUT2D eigenvalue weighted by molar-refractivity contribution is 9.10. The van der Waals surface area contributed by atoms with Gasteiger partial charge in [-0.3, -0.25) is 4.79 Å². The minimum Gasteiger partial charge on any atom is -0.381 e. The number of hydrogen-bond donors (Lipinski definition) is 0. The Kier molecular flexibility index (Phi) is 3.39. The molecule has 0 aliphatic carbocycles. The normalized spacial score (nSPS) is 22.9. The van der Waals surface area contributed by atoms with E-state index < -0.39 is 0 Å². The van der Waals surface area contributed by atoms with E-state index >= 15 is 0 Å². The fourth-order valence-electron chi connectivity index (χ4n) is 2.70. The summed E-state index contributed by atoms with van der Waals surface area (Å²) in [6.45, 7) is 2.90. The van der Waals surface area contributed by atoms with Gasteiger partial charge in [0.1, 0.15) is 0 Å². The second-order valence-corrected chi connectivity index (χ2v) is 5.90. The SMILES string of the molecule is O=C([C@H]1CCOC1)N1CCc2ccc(Br)cc2C1. The number of carbonyl (C=O) groups excluding carboxylic acids is 1. The van der Waals surface area contributed by atoms with Crippen molar-refractivity contribution >= 4 is 21.8 Å². The Bertz CT molecular complexity index is 469. The maximum Gasteiger partial charge on any atom is 0.228 e. The smallest absolute Gasteiger partial charge is 0.228 e. The van der Waals surface area contributed by atoms with E-state index in [-0.39, 0.29) is 11.8 Å². The first-order valence-electron chi connectivity index (χ1n) is 6.38. The summed E-state index contributed by atoms with van der Waals surface area (Å²) in [5.74, 6) is 0.344. The van der Waals surface area contributed by atoms with E-state index in [1.807, 2.05) is 4.90 Å². The largest absolute Gasteiger partial charge is 0.381 e. The Morgan fingerprint density at radius 3 is 3.06 bits per heavy atom. The molecule has 0 radical (unpaired) electrons. The molecule has 3 nitrogen and oxygen atoms in total. The molecule has 1 saturated heterocycles. The molecule has 1 fully saturated rings. The first-order valence-corrected chi connectivity index (χ1v) is 7.17. The summed E-state index contributed by atoms with van der Waals surface area (Å²) in [6, 6.07) is 6.35. The van der Waals surface area contributed by atoms with Crippen molar-refractivity contribution in [1.82, 2.24) is 4.90 Å². The van der Waals surface area contributed by atoms with Gasteiger partial charge in [0, 0.05) is 24.2 Å². The van der Waals surface area contributed by atoms with Gasteiger partial charge in [0.25, 0.3) is 0 Å². The fraction of sp³-hybridized carbons (Fsp3) is 0.500. The lowest BCUT2D eigenvalue weighted by atomic mass is 9.98. The predicted octanol–water partition coefficient (Wildman–Crippen LogP) is 2.37. The van der Waals surface area contributed by atoms with E-state index in [0.29, 0.717) is 6.61 Å². The van der Waals surface area contributed by atoms with Crippen LogP contribution >= 0.6 is 15.9 Å². The molecule has 0 saturated carbocycles. The zero-order valence-electron chi connectivity index (χ0n) is 10.2. The van der Waals surface area contributed by atoms with E-state index in [4.69, 9.17) is 4.74 Å². The maximum atomic E-state index is 12.3. The number of rotatable bonds is 1. The second-order valence-electron chi connectivity index (χ2n) is 4.98. The standard InChI is InChI=1S/C14H16BrNO2/c15-13-2-1-10-3-5-16(8-12(10)7-13)14(17)11-4-6-18-9-11/h1-2,7,11H,3-6,8-9H2/t11-/m0/s1. The Labute approximate surface area is 115 Å². The molecule has 3 rings (SSSR count). The van der Waals surface area contributed by atoms with Crippen molar-refractivity contribution in [3.8, 4) is 0 Å². The zero-order valence-corrected chi connectivity index (χ0v) is 11.8. The van der Waals surface area contributed by atoms with E-state index in [1.54, 1.807) is 0 Å². The van der Waals surface area contributed by atoms with E-state index in [0.717, 1.165) is 37.0 Å². The lowest BCUT2D eigenvalue weighted by molar-refractivity contribution is -0.136. The molecule has 1 atom stereocenters. The van der Waals surface area contributed by atoms with Crippen LogP contribution in [0.5, 0.6) is 0 Å². The summed E-state index contributed by atoms with van der Waals surface area (Å²) >= 11 is 3.49. The van der Waals surface area contributed by atoms with Crippen LogP contribution in [0.2, 0.25) is 0 Å². The van der Waals surface area contributed by atoms with Crippen molar-refractivity contribution in [3.05, 3.63) is 33.8 Å². The average molecular weight is 310 g/mol. The van der Waals surface area contributed by atoms with Gasteiger partial charge in [0.05, 0.1) is 12.5 Å². The molecule has 2 heterocycles. The number of nitrogens with zero attached hydrogens (tertiary/aromatic N) is 1. The molecule has 2 aliphatic heterocycles. The number of halogens is 1. The number of benzene rings is 1. The molecule has 96 valence electrons. The van der Waals surface area contributed by atoms with Crippen LogP contribution in [-0.2, 0) is 22.5 Å². The van der Waals surface area contributed by atoms with Gasteiger partial charge in [0.15, 0.2) is 0 Å². The molecule has 2 aliphatic rings. The van der Waals surface area contributed by atoms with Crippen molar-refractivity contribution in [2.45, 2.75) is 19.4 Å². The Hall–Kier alpha value is -0.870. The van der Waals surface area contributed by atoms with Gasteiger partial charge in [-0.1, -0.05) is 22.0 Å². The first-order chi connectivity index (χ1) is 8.74. The predicted molar refractivity (Wildman–Crippen MR) is 72.2 cm³/mol.